The number of benzene rings is 1. The number of hydrogen-bond donors (Lipinski definition) is 2. The molecule has 3 rings (SSSR count). The van der Waals surface area contributed by atoms with Crippen molar-refractivity contribution in [2.24, 2.45) is 0 Å². The van der Waals surface area contributed by atoms with Gasteiger partial charge in [-0.3, -0.25) is 9.78 Å². The van der Waals surface area contributed by atoms with Gasteiger partial charge in [-0.1, -0.05) is 18.2 Å². The molecule has 0 unspecified atom stereocenters. The zero-order valence-corrected chi connectivity index (χ0v) is 14.3. The van der Waals surface area contributed by atoms with E-state index < -0.39 is 0 Å². The number of rotatable bonds is 7. The molecule has 7 nitrogen and oxygen atoms in total. The van der Waals surface area contributed by atoms with Crippen LogP contribution in [-0.4, -0.2) is 27.7 Å². The molecule has 1 amide bonds. The number of carbonyl (C=O) groups excluding carboxylic acids is 1. The molecule has 0 atom stereocenters. The van der Waals surface area contributed by atoms with Crippen molar-refractivity contribution in [3.05, 3.63) is 72.2 Å². The number of aromatic nitrogens is 3. The molecular weight excluding hydrogens is 330 g/mol. The van der Waals surface area contributed by atoms with Gasteiger partial charge in [0.1, 0.15) is 5.75 Å². The van der Waals surface area contributed by atoms with Crippen molar-refractivity contribution >= 4 is 17.4 Å². The van der Waals surface area contributed by atoms with E-state index in [4.69, 9.17) is 4.74 Å². The van der Waals surface area contributed by atoms with Gasteiger partial charge in [0.15, 0.2) is 11.5 Å². The normalized spacial score (nSPS) is 10.2. The highest BCUT2D eigenvalue weighted by Crippen LogP contribution is 2.26. The van der Waals surface area contributed by atoms with E-state index in [0.29, 0.717) is 19.0 Å². The molecule has 1 aromatic carbocycles. The van der Waals surface area contributed by atoms with E-state index in [2.05, 4.69) is 25.8 Å². The van der Waals surface area contributed by atoms with Gasteiger partial charge < -0.3 is 15.4 Å². The second-order valence-electron chi connectivity index (χ2n) is 5.36. The largest absolute Gasteiger partial charge is 0.492 e. The van der Waals surface area contributed by atoms with Crippen LogP contribution in [-0.2, 0) is 6.54 Å². The minimum atomic E-state index is -0.301. The van der Waals surface area contributed by atoms with Gasteiger partial charge in [-0.15, -0.1) is 10.2 Å². The lowest BCUT2D eigenvalue weighted by Crippen LogP contribution is -2.24. The first-order valence-corrected chi connectivity index (χ1v) is 8.27. The fourth-order valence-corrected chi connectivity index (χ4v) is 2.27. The summed E-state index contributed by atoms with van der Waals surface area (Å²) in [6.45, 7) is 2.83. The predicted octanol–water partition coefficient (Wildman–Crippen LogP) is 2.94. The maximum atomic E-state index is 12.1. The standard InChI is InChI=1S/C19H19N5O2/c1-2-26-17-9-4-3-8-15(17)22-18-11-10-16(23-24-18)19(25)21-13-14-7-5-6-12-20-14/h3-12H,2,13H2,1H3,(H,21,25)(H,22,24). The van der Waals surface area contributed by atoms with Gasteiger partial charge in [0.05, 0.1) is 24.5 Å². The molecule has 0 saturated carbocycles. The monoisotopic (exact) mass is 349 g/mol. The summed E-state index contributed by atoms with van der Waals surface area (Å²) in [6, 6.07) is 16.4. The molecule has 3 aromatic rings. The summed E-state index contributed by atoms with van der Waals surface area (Å²) in [5.74, 6) is 0.955. The van der Waals surface area contributed by atoms with Gasteiger partial charge in [0.25, 0.3) is 5.91 Å². The lowest BCUT2D eigenvalue weighted by atomic mass is 10.3. The first-order valence-electron chi connectivity index (χ1n) is 8.27. The smallest absolute Gasteiger partial charge is 0.272 e. The Morgan fingerprint density at radius 1 is 1.04 bits per heavy atom. The summed E-state index contributed by atoms with van der Waals surface area (Å²) in [4.78, 5) is 16.3. The molecule has 0 radical (unpaired) electrons. The molecule has 0 aliphatic rings. The maximum absolute atomic E-state index is 12.1. The number of nitrogens with one attached hydrogen (secondary N) is 2. The van der Waals surface area contributed by atoms with Crippen molar-refractivity contribution in [1.82, 2.24) is 20.5 Å². The van der Waals surface area contributed by atoms with Crippen LogP contribution in [0, 0.1) is 0 Å². The van der Waals surface area contributed by atoms with E-state index >= 15 is 0 Å². The van der Waals surface area contributed by atoms with Crippen LogP contribution >= 0.6 is 0 Å². The van der Waals surface area contributed by atoms with Crippen LogP contribution in [0.1, 0.15) is 23.1 Å². The summed E-state index contributed by atoms with van der Waals surface area (Å²) in [7, 11) is 0. The van der Waals surface area contributed by atoms with Crippen LogP contribution in [0.5, 0.6) is 5.75 Å². The van der Waals surface area contributed by atoms with E-state index in [0.717, 1.165) is 17.1 Å². The number of anilines is 2. The lowest BCUT2D eigenvalue weighted by molar-refractivity contribution is 0.0944. The van der Waals surface area contributed by atoms with E-state index in [1.807, 2.05) is 49.4 Å². The Bertz CT molecular complexity index is 853. The van der Waals surface area contributed by atoms with E-state index in [-0.39, 0.29) is 11.6 Å². The van der Waals surface area contributed by atoms with Crippen molar-refractivity contribution in [3.63, 3.8) is 0 Å². The van der Waals surface area contributed by atoms with Crippen LogP contribution in [0.2, 0.25) is 0 Å². The summed E-state index contributed by atoms with van der Waals surface area (Å²) in [6.07, 6.45) is 1.68. The van der Waals surface area contributed by atoms with Crippen molar-refractivity contribution in [1.29, 1.82) is 0 Å². The number of hydrogen-bond acceptors (Lipinski definition) is 6. The quantitative estimate of drug-likeness (QED) is 0.682. The zero-order chi connectivity index (χ0) is 18.2. The highest BCUT2D eigenvalue weighted by atomic mass is 16.5. The van der Waals surface area contributed by atoms with Gasteiger partial charge in [-0.25, -0.2) is 0 Å². The summed E-state index contributed by atoms with van der Waals surface area (Å²) in [5, 5.41) is 13.9. The Morgan fingerprint density at radius 2 is 1.88 bits per heavy atom. The minimum absolute atomic E-state index is 0.240. The molecule has 2 aromatic heterocycles. The van der Waals surface area contributed by atoms with Crippen molar-refractivity contribution in [2.75, 3.05) is 11.9 Å². The molecule has 2 heterocycles. The van der Waals surface area contributed by atoms with E-state index in [1.54, 1.807) is 18.3 Å². The molecule has 0 fully saturated rings. The number of para-hydroxylation sites is 2. The average Bonchev–Trinajstić information content (AvgIpc) is 2.69. The molecule has 26 heavy (non-hydrogen) atoms. The second kappa shape index (κ2) is 8.57. The third-order valence-corrected chi connectivity index (χ3v) is 3.50. The predicted molar refractivity (Wildman–Crippen MR) is 98.3 cm³/mol. The van der Waals surface area contributed by atoms with Crippen LogP contribution < -0.4 is 15.4 Å². The average molecular weight is 349 g/mol. The Kier molecular flexibility index (Phi) is 5.72. The Morgan fingerprint density at radius 3 is 2.62 bits per heavy atom. The van der Waals surface area contributed by atoms with Gasteiger partial charge in [-0.2, -0.15) is 0 Å². The van der Waals surface area contributed by atoms with E-state index in [1.165, 1.54) is 0 Å². The minimum Gasteiger partial charge on any atom is -0.492 e. The molecule has 0 bridgehead atoms. The highest BCUT2D eigenvalue weighted by Gasteiger charge is 2.09. The number of amides is 1. The number of ether oxygens (including phenoxy) is 1. The Hall–Kier alpha value is -3.48. The van der Waals surface area contributed by atoms with Crippen molar-refractivity contribution in [3.8, 4) is 5.75 Å². The van der Waals surface area contributed by atoms with Gasteiger partial charge in [0, 0.05) is 6.20 Å². The highest BCUT2D eigenvalue weighted by molar-refractivity contribution is 5.92. The SMILES string of the molecule is CCOc1ccccc1Nc1ccc(C(=O)NCc2ccccn2)nn1. The molecule has 132 valence electrons. The van der Waals surface area contributed by atoms with Gasteiger partial charge in [0.2, 0.25) is 0 Å². The number of nitrogens with zero attached hydrogens (tertiary/aromatic N) is 3. The molecule has 7 heteroatoms. The van der Waals surface area contributed by atoms with Crippen LogP contribution in [0.15, 0.2) is 60.8 Å². The first-order chi connectivity index (χ1) is 12.8. The summed E-state index contributed by atoms with van der Waals surface area (Å²) >= 11 is 0. The van der Waals surface area contributed by atoms with Crippen molar-refractivity contribution < 1.29 is 9.53 Å². The molecule has 2 N–H and O–H groups in total. The topological polar surface area (TPSA) is 89.0 Å². The molecule has 0 aliphatic heterocycles. The zero-order valence-electron chi connectivity index (χ0n) is 14.3. The molecular formula is C19H19N5O2. The maximum Gasteiger partial charge on any atom is 0.272 e. The molecule has 0 saturated heterocycles. The number of carbonyl (C=O) groups is 1. The molecule has 0 spiro atoms. The summed E-state index contributed by atoms with van der Waals surface area (Å²) in [5.41, 5.74) is 1.81. The first kappa shape index (κ1) is 17.3. The van der Waals surface area contributed by atoms with Crippen LogP contribution in [0.25, 0.3) is 0 Å². The Balaban J connectivity index is 1.62. The third-order valence-electron chi connectivity index (χ3n) is 3.50. The van der Waals surface area contributed by atoms with Gasteiger partial charge in [-0.05, 0) is 43.3 Å². The number of pyridine rings is 1. The third kappa shape index (κ3) is 4.54. The Labute approximate surface area is 151 Å². The van der Waals surface area contributed by atoms with Crippen LogP contribution in [0.3, 0.4) is 0 Å². The van der Waals surface area contributed by atoms with Crippen molar-refractivity contribution in [2.45, 2.75) is 13.5 Å². The second-order valence-corrected chi connectivity index (χ2v) is 5.36. The fourth-order valence-electron chi connectivity index (χ4n) is 2.27. The van der Waals surface area contributed by atoms with Gasteiger partial charge >= 0.3 is 0 Å². The summed E-state index contributed by atoms with van der Waals surface area (Å²) < 4.78 is 5.56. The fraction of sp³-hybridized carbons (Fsp3) is 0.158. The van der Waals surface area contributed by atoms with Crippen LogP contribution in [0.4, 0.5) is 11.5 Å². The molecule has 0 aliphatic carbocycles. The van der Waals surface area contributed by atoms with E-state index in [9.17, 15) is 4.79 Å². The lowest BCUT2D eigenvalue weighted by Gasteiger charge is -2.11.